The second-order valence-electron chi connectivity index (χ2n) is 7.22. The van der Waals surface area contributed by atoms with Gasteiger partial charge in [-0.15, -0.1) is 0 Å². The summed E-state index contributed by atoms with van der Waals surface area (Å²) in [7, 11) is 0. The Morgan fingerprint density at radius 3 is 2.67 bits per heavy atom. The second kappa shape index (κ2) is 7.48. The topological polar surface area (TPSA) is 62.4 Å². The molecule has 1 atom stereocenters. The van der Waals surface area contributed by atoms with E-state index >= 15 is 0 Å². The number of aromatic nitrogens is 2. The van der Waals surface area contributed by atoms with Gasteiger partial charge in [0, 0.05) is 24.1 Å². The molecule has 27 heavy (non-hydrogen) atoms. The molecular formula is C21H22FN3O2. The standard InChI is InChI=1S/C21H22FN3O2/c22-18-10-5-4-9-17(18)13-21(15-26)11-6-12-25(14-21)20-23-19(27-24-20)16-7-2-1-3-8-16/h1-5,7-10,26H,6,11-15H2/t21-/m0/s1. The lowest BCUT2D eigenvalue weighted by Gasteiger charge is -2.41. The minimum absolute atomic E-state index is 0.0127. The smallest absolute Gasteiger partial charge is 0.266 e. The molecule has 1 fully saturated rings. The normalized spacial score (nSPS) is 20.0. The van der Waals surface area contributed by atoms with Crippen molar-refractivity contribution in [3.63, 3.8) is 0 Å². The van der Waals surface area contributed by atoms with Gasteiger partial charge in [-0.1, -0.05) is 36.4 Å². The summed E-state index contributed by atoms with van der Waals surface area (Å²) in [5.41, 5.74) is 1.08. The Morgan fingerprint density at radius 1 is 1.11 bits per heavy atom. The van der Waals surface area contributed by atoms with Gasteiger partial charge in [-0.25, -0.2) is 4.39 Å². The lowest BCUT2D eigenvalue weighted by Crippen LogP contribution is -2.47. The minimum atomic E-state index is -0.423. The quantitative estimate of drug-likeness (QED) is 0.745. The molecule has 1 N–H and O–H groups in total. The maximum absolute atomic E-state index is 14.1. The Balaban J connectivity index is 1.55. The molecule has 1 aliphatic rings. The van der Waals surface area contributed by atoms with E-state index < -0.39 is 5.41 Å². The highest BCUT2D eigenvalue weighted by Crippen LogP contribution is 2.35. The number of halogens is 1. The summed E-state index contributed by atoms with van der Waals surface area (Å²) in [4.78, 5) is 6.55. The Morgan fingerprint density at radius 2 is 1.89 bits per heavy atom. The van der Waals surface area contributed by atoms with Crippen LogP contribution in [0.4, 0.5) is 10.3 Å². The molecule has 0 spiro atoms. The molecule has 140 valence electrons. The average molecular weight is 367 g/mol. The van der Waals surface area contributed by atoms with Crippen LogP contribution in [-0.2, 0) is 6.42 Å². The van der Waals surface area contributed by atoms with Crippen molar-refractivity contribution >= 4 is 5.95 Å². The van der Waals surface area contributed by atoms with Crippen LogP contribution >= 0.6 is 0 Å². The lowest BCUT2D eigenvalue weighted by atomic mass is 9.75. The molecule has 0 unspecified atom stereocenters. The SMILES string of the molecule is OC[C@]1(Cc2ccccc2F)CCCN(c2noc(-c3ccccc3)n2)C1. The molecule has 2 heterocycles. The van der Waals surface area contributed by atoms with Gasteiger partial charge in [0.2, 0.25) is 0 Å². The van der Waals surface area contributed by atoms with E-state index in [4.69, 9.17) is 4.52 Å². The lowest BCUT2D eigenvalue weighted by molar-refractivity contribution is 0.104. The van der Waals surface area contributed by atoms with Crippen LogP contribution < -0.4 is 4.90 Å². The number of aliphatic hydroxyl groups excluding tert-OH is 1. The molecule has 5 nitrogen and oxygen atoms in total. The molecule has 6 heteroatoms. The van der Waals surface area contributed by atoms with E-state index in [1.165, 1.54) is 6.07 Å². The van der Waals surface area contributed by atoms with E-state index in [1.807, 2.05) is 41.3 Å². The number of hydrogen-bond donors (Lipinski definition) is 1. The van der Waals surface area contributed by atoms with Crippen LogP contribution in [0, 0.1) is 11.2 Å². The van der Waals surface area contributed by atoms with Crippen molar-refractivity contribution < 1.29 is 14.0 Å². The molecule has 3 aromatic rings. The summed E-state index contributed by atoms with van der Waals surface area (Å²) in [5, 5.41) is 14.3. The van der Waals surface area contributed by atoms with Crippen molar-refractivity contribution in [1.82, 2.24) is 10.1 Å². The van der Waals surface area contributed by atoms with Crippen LogP contribution in [0.5, 0.6) is 0 Å². The zero-order valence-corrected chi connectivity index (χ0v) is 15.0. The first-order valence-corrected chi connectivity index (χ1v) is 9.17. The zero-order chi connectivity index (χ0) is 18.7. The van der Waals surface area contributed by atoms with E-state index in [1.54, 1.807) is 12.1 Å². The van der Waals surface area contributed by atoms with E-state index in [0.717, 1.165) is 24.9 Å². The summed E-state index contributed by atoms with van der Waals surface area (Å²) in [6.07, 6.45) is 2.19. The van der Waals surface area contributed by atoms with Crippen LogP contribution in [0.2, 0.25) is 0 Å². The Hall–Kier alpha value is -2.73. The first-order chi connectivity index (χ1) is 13.2. The van der Waals surface area contributed by atoms with Crippen molar-refractivity contribution in [2.45, 2.75) is 19.3 Å². The number of aliphatic hydroxyl groups is 1. The summed E-state index contributed by atoms with van der Waals surface area (Å²) in [6.45, 7) is 1.33. The summed E-state index contributed by atoms with van der Waals surface area (Å²) in [5.74, 6) is 0.758. The summed E-state index contributed by atoms with van der Waals surface area (Å²) in [6, 6.07) is 16.4. The fourth-order valence-electron chi connectivity index (χ4n) is 3.80. The Bertz CT molecular complexity index is 899. The molecule has 0 amide bonds. The molecule has 2 aromatic carbocycles. The van der Waals surface area contributed by atoms with Gasteiger partial charge in [0.15, 0.2) is 0 Å². The van der Waals surface area contributed by atoms with Gasteiger partial charge >= 0.3 is 0 Å². The number of hydrogen-bond acceptors (Lipinski definition) is 5. The van der Waals surface area contributed by atoms with Gasteiger partial charge < -0.3 is 14.5 Å². The van der Waals surface area contributed by atoms with Crippen molar-refractivity contribution in [2.75, 3.05) is 24.6 Å². The maximum Gasteiger partial charge on any atom is 0.266 e. The van der Waals surface area contributed by atoms with Crippen molar-refractivity contribution in [2.24, 2.45) is 5.41 Å². The molecule has 0 radical (unpaired) electrons. The molecule has 1 saturated heterocycles. The van der Waals surface area contributed by atoms with Gasteiger partial charge in [0.25, 0.3) is 11.8 Å². The molecule has 1 aromatic heterocycles. The van der Waals surface area contributed by atoms with E-state index in [-0.39, 0.29) is 12.4 Å². The van der Waals surface area contributed by atoms with Crippen LogP contribution in [0.25, 0.3) is 11.5 Å². The highest BCUT2D eigenvalue weighted by atomic mass is 19.1. The molecule has 0 bridgehead atoms. The van der Waals surface area contributed by atoms with E-state index in [9.17, 15) is 9.50 Å². The second-order valence-corrected chi connectivity index (χ2v) is 7.22. The zero-order valence-electron chi connectivity index (χ0n) is 15.0. The predicted octanol–water partition coefficient (Wildman–Crippen LogP) is 3.70. The highest BCUT2D eigenvalue weighted by molar-refractivity contribution is 5.54. The number of piperidine rings is 1. The van der Waals surface area contributed by atoms with Crippen LogP contribution in [0.1, 0.15) is 18.4 Å². The van der Waals surface area contributed by atoms with Crippen LogP contribution in [-0.4, -0.2) is 34.9 Å². The van der Waals surface area contributed by atoms with Gasteiger partial charge in [-0.3, -0.25) is 0 Å². The molecular weight excluding hydrogens is 345 g/mol. The first-order valence-electron chi connectivity index (χ1n) is 9.17. The van der Waals surface area contributed by atoms with Gasteiger partial charge in [-0.2, -0.15) is 4.98 Å². The van der Waals surface area contributed by atoms with E-state index in [2.05, 4.69) is 10.1 Å². The number of anilines is 1. The largest absolute Gasteiger partial charge is 0.396 e. The third-order valence-corrected chi connectivity index (χ3v) is 5.24. The highest BCUT2D eigenvalue weighted by Gasteiger charge is 2.37. The number of benzene rings is 2. The summed E-state index contributed by atoms with van der Waals surface area (Å²) >= 11 is 0. The first kappa shape index (κ1) is 17.7. The van der Waals surface area contributed by atoms with Gasteiger partial charge in [0.05, 0.1) is 6.61 Å². The maximum atomic E-state index is 14.1. The van der Waals surface area contributed by atoms with Gasteiger partial charge in [0.1, 0.15) is 5.82 Å². The van der Waals surface area contributed by atoms with Crippen LogP contribution in [0.15, 0.2) is 59.1 Å². The van der Waals surface area contributed by atoms with E-state index in [0.29, 0.717) is 30.4 Å². The van der Waals surface area contributed by atoms with Crippen molar-refractivity contribution in [1.29, 1.82) is 0 Å². The predicted molar refractivity (Wildman–Crippen MR) is 101 cm³/mol. The van der Waals surface area contributed by atoms with Crippen molar-refractivity contribution in [3.05, 3.63) is 66.0 Å². The fourth-order valence-corrected chi connectivity index (χ4v) is 3.80. The molecule has 0 aliphatic carbocycles. The Labute approximate surface area is 157 Å². The molecule has 4 rings (SSSR count). The Kier molecular flexibility index (Phi) is 4.90. The number of nitrogens with zero attached hydrogens (tertiary/aromatic N) is 3. The van der Waals surface area contributed by atoms with Crippen LogP contribution in [0.3, 0.4) is 0 Å². The third kappa shape index (κ3) is 3.71. The van der Waals surface area contributed by atoms with Crippen molar-refractivity contribution in [3.8, 4) is 11.5 Å². The number of rotatable bonds is 5. The monoisotopic (exact) mass is 367 g/mol. The summed E-state index contributed by atoms with van der Waals surface area (Å²) < 4.78 is 19.5. The third-order valence-electron chi connectivity index (χ3n) is 5.24. The van der Waals surface area contributed by atoms with Gasteiger partial charge in [-0.05, 0) is 48.2 Å². The average Bonchev–Trinajstić information content (AvgIpc) is 3.21. The minimum Gasteiger partial charge on any atom is -0.396 e. The molecule has 0 saturated carbocycles. The fraction of sp³-hybridized carbons (Fsp3) is 0.333. The molecule has 1 aliphatic heterocycles.